The first-order valence-corrected chi connectivity index (χ1v) is 4.57. The zero-order valence-corrected chi connectivity index (χ0v) is 7.90. The molecule has 0 atom stereocenters. The third kappa shape index (κ3) is 1.71. The monoisotopic (exact) mass is 177 g/mol. The molecule has 0 radical (unpaired) electrons. The van der Waals surface area contributed by atoms with Crippen LogP contribution in [0.5, 0.6) is 0 Å². The van der Waals surface area contributed by atoms with E-state index >= 15 is 0 Å². The summed E-state index contributed by atoms with van der Waals surface area (Å²) < 4.78 is 0. The Bertz CT molecular complexity index is 320. The van der Waals surface area contributed by atoms with Crippen molar-refractivity contribution in [2.75, 3.05) is 0 Å². The molecule has 0 aliphatic rings. The summed E-state index contributed by atoms with van der Waals surface area (Å²) in [7, 11) is 0. The Kier molecular flexibility index (Phi) is 3.00. The fraction of sp³-hybridized carbons (Fsp3) is 0.100. The molecular weight excluding hydrogens is 166 g/mol. The molecule has 1 heterocycles. The highest BCUT2D eigenvalue weighted by Gasteiger charge is 2.00. The molecular formula is C10H11NS. The Morgan fingerprint density at radius 1 is 1.58 bits per heavy atom. The van der Waals surface area contributed by atoms with Crippen LogP contribution in [0.25, 0.3) is 11.6 Å². The summed E-state index contributed by atoms with van der Waals surface area (Å²) in [5.41, 5.74) is 2.00. The summed E-state index contributed by atoms with van der Waals surface area (Å²) >= 11 is 1.61. The van der Waals surface area contributed by atoms with Crippen molar-refractivity contribution in [3.05, 3.63) is 41.4 Å². The van der Waals surface area contributed by atoms with Crippen molar-refractivity contribution in [3.63, 3.8) is 0 Å². The highest BCUT2D eigenvalue weighted by molar-refractivity contribution is 7.11. The standard InChI is InChI=1S/C10H11NS/c1-4-8(5-2)10-11-9(6-3)7-12-10/h4-7H,1,3H2,2H3/b8-5+. The Morgan fingerprint density at radius 3 is 2.75 bits per heavy atom. The van der Waals surface area contributed by atoms with Crippen molar-refractivity contribution in [2.24, 2.45) is 0 Å². The minimum atomic E-state index is 0.927. The summed E-state index contributed by atoms with van der Waals surface area (Å²) in [5.74, 6) is 0. The lowest BCUT2D eigenvalue weighted by atomic mass is 10.3. The second-order valence-corrected chi connectivity index (χ2v) is 3.09. The number of hydrogen-bond donors (Lipinski definition) is 0. The molecule has 0 N–H and O–H groups in total. The minimum Gasteiger partial charge on any atom is -0.237 e. The Labute approximate surface area is 76.8 Å². The molecule has 0 spiro atoms. The van der Waals surface area contributed by atoms with Crippen molar-refractivity contribution < 1.29 is 0 Å². The first kappa shape index (κ1) is 8.94. The van der Waals surface area contributed by atoms with Crippen LogP contribution in [0.2, 0.25) is 0 Å². The molecule has 0 saturated heterocycles. The smallest absolute Gasteiger partial charge is 0.123 e. The maximum atomic E-state index is 4.33. The lowest BCUT2D eigenvalue weighted by molar-refractivity contribution is 1.34. The van der Waals surface area contributed by atoms with E-state index in [1.54, 1.807) is 17.4 Å². The number of allylic oxidation sites excluding steroid dienone is 3. The summed E-state index contributed by atoms with van der Waals surface area (Å²) in [6.45, 7) is 9.35. The quantitative estimate of drug-likeness (QED) is 0.645. The Morgan fingerprint density at radius 2 is 2.33 bits per heavy atom. The van der Waals surface area contributed by atoms with Crippen molar-refractivity contribution >= 4 is 23.0 Å². The third-order valence-corrected chi connectivity index (χ3v) is 2.42. The van der Waals surface area contributed by atoms with Crippen molar-refractivity contribution in [1.82, 2.24) is 4.98 Å². The van der Waals surface area contributed by atoms with Gasteiger partial charge in [-0.25, -0.2) is 4.98 Å². The van der Waals surface area contributed by atoms with Gasteiger partial charge in [0.25, 0.3) is 0 Å². The molecule has 1 nitrogen and oxygen atoms in total. The number of hydrogen-bond acceptors (Lipinski definition) is 2. The van der Waals surface area contributed by atoms with Crippen LogP contribution in [0.15, 0.2) is 30.7 Å². The number of aromatic nitrogens is 1. The van der Waals surface area contributed by atoms with E-state index in [0.717, 1.165) is 16.3 Å². The third-order valence-electron chi connectivity index (χ3n) is 1.51. The topological polar surface area (TPSA) is 12.9 Å². The molecule has 0 aliphatic heterocycles. The van der Waals surface area contributed by atoms with Gasteiger partial charge in [0.05, 0.1) is 5.69 Å². The van der Waals surface area contributed by atoms with Crippen LogP contribution in [-0.2, 0) is 0 Å². The molecule has 62 valence electrons. The molecule has 1 aromatic heterocycles. The molecule has 0 fully saturated rings. The van der Waals surface area contributed by atoms with E-state index in [-0.39, 0.29) is 0 Å². The van der Waals surface area contributed by atoms with Gasteiger partial charge in [-0.15, -0.1) is 11.3 Å². The molecule has 1 rings (SSSR count). The van der Waals surface area contributed by atoms with E-state index in [0.29, 0.717) is 0 Å². The van der Waals surface area contributed by atoms with Crippen LogP contribution < -0.4 is 0 Å². The number of rotatable bonds is 3. The van der Waals surface area contributed by atoms with Crippen LogP contribution in [0.3, 0.4) is 0 Å². The average Bonchev–Trinajstić information content (AvgIpc) is 2.55. The van der Waals surface area contributed by atoms with E-state index in [9.17, 15) is 0 Å². The maximum absolute atomic E-state index is 4.33. The molecule has 12 heavy (non-hydrogen) atoms. The minimum absolute atomic E-state index is 0.927. The van der Waals surface area contributed by atoms with Crippen LogP contribution in [-0.4, -0.2) is 4.98 Å². The van der Waals surface area contributed by atoms with E-state index in [1.165, 1.54) is 0 Å². The predicted molar refractivity (Wildman–Crippen MR) is 56.1 cm³/mol. The summed E-state index contributed by atoms with van der Waals surface area (Å²) in [4.78, 5) is 4.33. The van der Waals surface area contributed by atoms with Crippen LogP contribution >= 0.6 is 11.3 Å². The van der Waals surface area contributed by atoms with Gasteiger partial charge in [0.1, 0.15) is 5.01 Å². The lowest BCUT2D eigenvalue weighted by Gasteiger charge is -1.91. The van der Waals surface area contributed by atoms with Gasteiger partial charge < -0.3 is 0 Å². The van der Waals surface area contributed by atoms with Gasteiger partial charge in [-0.05, 0) is 13.0 Å². The van der Waals surface area contributed by atoms with Gasteiger partial charge in [0.2, 0.25) is 0 Å². The van der Waals surface area contributed by atoms with Crippen molar-refractivity contribution in [2.45, 2.75) is 6.92 Å². The lowest BCUT2D eigenvalue weighted by Crippen LogP contribution is -1.78. The van der Waals surface area contributed by atoms with E-state index in [1.807, 2.05) is 24.5 Å². The fourth-order valence-electron chi connectivity index (χ4n) is 0.841. The zero-order valence-electron chi connectivity index (χ0n) is 7.08. The first-order chi connectivity index (χ1) is 5.81. The second kappa shape index (κ2) is 4.02. The van der Waals surface area contributed by atoms with Crippen LogP contribution in [0, 0.1) is 0 Å². The van der Waals surface area contributed by atoms with Crippen LogP contribution in [0.4, 0.5) is 0 Å². The largest absolute Gasteiger partial charge is 0.237 e. The van der Waals surface area contributed by atoms with Gasteiger partial charge in [-0.1, -0.05) is 25.3 Å². The second-order valence-electron chi connectivity index (χ2n) is 2.23. The molecule has 0 aliphatic carbocycles. The molecule has 0 unspecified atom stereocenters. The SMILES string of the molecule is C=C/C(=C\C)c1nc(C=C)cs1. The highest BCUT2D eigenvalue weighted by Crippen LogP contribution is 2.20. The van der Waals surface area contributed by atoms with Gasteiger partial charge in [-0.2, -0.15) is 0 Å². The first-order valence-electron chi connectivity index (χ1n) is 3.69. The molecule has 2 heteroatoms. The van der Waals surface area contributed by atoms with E-state index in [2.05, 4.69) is 18.1 Å². The Hall–Kier alpha value is -1.15. The number of nitrogens with zero attached hydrogens (tertiary/aromatic N) is 1. The molecule has 0 saturated carbocycles. The van der Waals surface area contributed by atoms with Gasteiger partial charge >= 0.3 is 0 Å². The van der Waals surface area contributed by atoms with E-state index < -0.39 is 0 Å². The van der Waals surface area contributed by atoms with Gasteiger partial charge in [0.15, 0.2) is 0 Å². The zero-order chi connectivity index (χ0) is 8.97. The molecule has 1 aromatic rings. The summed E-state index contributed by atoms with van der Waals surface area (Å²) in [5, 5.41) is 2.98. The van der Waals surface area contributed by atoms with E-state index in [4.69, 9.17) is 0 Å². The average molecular weight is 177 g/mol. The number of thiazole rings is 1. The maximum Gasteiger partial charge on any atom is 0.123 e. The molecule has 0 bridgehead atoms. The van der Waals surface area contributed by atoms with Gasteiger partial charge in [-0.3, -0.25) is 0 Å². The molecule has 0 amide bonds. The summed E-state index contributed by atoms with van der Waals surface area (Å²) in [6, 6.07) is 0. The van der Waals surface area contributed by atoms with Gasteiger partial charge in [0, 0.05) is 11.0 Å². The Balaban J connectivity index is 3.02. The highest BCUT2D eigenvalue weighted by atomic mass is 32.1. The summed E-state index contributed by atoms with van der Waals surface area (Å²) in [6.07, 6.45) is 5.56. The van der Waals surface area contributed by atoms with Crippen LogP contribution in [0.1, 0.15) is 17.6 Å². The fourth-order valence-corrected chi connectivity index (χ4v) is 1.72. The molecule has 0 aromatic carbocycles. The van der Waals surface area contributed by atoms with Crippen molar-refractivity contribution in [3.8, 4) is 0 Å². The van der Waals surface area contributed by atoms with Crippen molar-refractivity contribution in [1.29, 1.82) is 0 Å². The normalized spacial score (nSPS) is 11.2. The predicted octanol–water partition coefficient (Wildman–Crippen LogP) is 3.38.